The maximum absolute atomic E-state index is 11.0. The first-order valence-electron chi connectivity index (χ1n) is 7.53. The van der Waals surface area contributed by atoms with E-state index in [2.05, 4.69) is 41.1 Å². The Hall–Kier alpha value is -0.530. The summed E-state index contributed by atoms with van der Waals surface area (Å²) in [5.74, 6) is 1.42. The topological polar surface area (TPSA) is 62.7 Å². The molecule has 0 aromatic carbocycles. The summed E-state index contributed by atoms with van der Waals surface area (Å²) in [6.07, 6.45) is 4.59. The number of carbonyl (C=O) groups excluding carboxylic acids is 1. The Morgan fingerprint density at radius 2 is 1.86 bits per heavy atom. The molecule has 0 heterocycles. The molecule has 6 heteroatoms. The number of halogens is 1. The van der Waals surface area contributed by atoms with Gasteiger partial charge in [-0.15, -0.1) is 24.0 Å². The van der Waals surface area contributed by atoms with Crippen LogP contribution in [0.5, 0.6) is 0 Å². The highest BCUT2D eigenvalue weighted by molar-refractivity contribution is 14.0. The molecule has 0 aromatic heterocycles. The van der Waals surface area contributed by atoms with Crippen molar-refractivity contribution >= 4 is 35.9 Å². The van der Waals surface area contributed by atoms with Gasteiger partial charge in [-0.2, -0.15) is 0 Å². The van der Waals surface area contributed by atoms with E-state index in [-0.39, 0.29) is 29.9 Å². The first-order chi connectivity index (χ1) is 9.49. The molecule has 0 spiro atoms. The van der Waals surface area contributed by atoms with Crippen molar-refractivity contribution in [2.75, 3.05) is 20.7 Å². The third-order valence-electron chi connectivity index (χ3n) is 3.11. The van der Waals surface area contributed by atoms with Crippen molar-refractivity contribution in [2.24, 2.45) is 10.9 Å². The number of rotatable bonds is 9. The molecule has 0 saturated carbocycles. The minimum Gasteiger partial charge on any atom is -0.469 e. The SMILES string of the molecule is CN=C(NCCCCC(=O)OC)NC(C)CCC(C)C.I. The average Bonchev–Trinajstić information content (AvgIpc) is 2.42. The molecule has 2 N–H and O–H groups in total. The Kier molecular flexibility index (Phi) is 15.6. The lowest BCUT2D eigenvalue weighted by atomic mass is 10.0. The van der Waals surface area contributed by atoms with Gasteiger partial charge in [0.05, 0.1) is 7.11 Å². The van der Waals surface area contributed by atoms with Gasteiger partial charge in [-0.25, -0.2) is 0 Å². The molecule has 126 valence electrons. The first kappa shape index (κ1) is 22.7. The van der Waals surface area contributed by atoms with Crippen LogP contribution in [0, 0.1) is 5.92 Å². The zero-order chi connectivity index (χ0) is 15.4. The van der Waals surface area contributed by atoms with E-state index in [4.69, 9.17) is 0 Å². The van der Waals surface area contributed by atoms with Crippen molar-refractivity contribution in [3.05, 3.63) is 0 Å². The summed E-state index contributed by atoms with van der Waals surface area (Å²) in [6.45, 7) is 7.46. The zero-order valence-corrected chi connectivity index (χ0v) is 16.4. The number of guanidine groups is 1. The van der Waals surface area contributed by atoms with Crippen LogP contribution in [0.3, 0.4) is 0 Å². The van der Waals surface area contributed by atoms with Crippen molar-refractivity contribution in [1.29, 1.82) is 0 Å². The fourth-order valence-corrected chi connectivity index (χ4v) is 1.79. The molecule has 5 nitrogen and oxygen atoms in total. The number of nitrogens with one attached hydrogen (secondary N) is 2. The highest BCUT2D eigenvalue weighted by Crippen LogP contribution is 2.06. The minimum atomic E-state index is -0.144. The van der Waals surface area contributed by atoms with Gasteiger partial charge in [-0.1, -0.05) is 13.8 Å². The maximum atomic E-state index is 11.0. The van der Waals surface area contributed by atoms with E-state index >= 15 is 0 Å². The van der Waals surface area contributed by atoms with Gasteiger partial charge in [0.1, 0.15) is 0 Å². The largest absolute Gasteiger partial charge is 0.469 e. The molecule has 1 unspecified atom stereocenters. The van der Waals surface area contributed by atoms with Gasteiger partial charge in [0, 0.05) is 26.1 Å². The molecular weight excluding hydrogens is 381 g/mol. The lowest BCUT2D eigenvalue weighted by Crippen LogP contribution is -2.42. The molecular formula is C15H32IN3O2. The highest BCUT2D eigenvalue weighted by atomic mass is 127. The molecule has 0 rings (SSSR count). The van der Waals surface area contributed by atoms with Crippen LogP contribution in [0.15, 0.2) is 4.99 Å². The van der Waals surface area contributed by atoms with E-state index in [1.165, 1.54) is 13.5 Å². The third-order valence-corrected chi connectivity index (χ3v) is 3.11. The van der Waals surface area contributed by atoms with Gasteiger partial charge in [0.2, 0.25) is 0 Å². The van der Waals surface area contributed by atoms with Crippen LogP contribution >= 0.6 is 24.0 Å². The number of ether oxygens (including phenoxy) is 1. The van der Waals surface area contributed by atoms with E-state index < -0.39 is 0 Å². The standard InChI is InChI=1S/C15H31N3O2.HI/c1-12(2)9-10-13(3)18-15(16-4)17-11-7-6-8-14(19)20-5;/h12-13H,6-11H2,1-5H3,(H2,16,17,18);1H. The number of unbranched alkanes of at least 4 members (excludes halogenated alkanes) is 1. The number of nitrogens with zero attached hydrogens (tertiary/aromatic N) is 1. The lowest BCUT2D eigenvalue weighted by molar-refractivity contribution is -0.140. The van der Waals surface area contributed by atoms with Crippen molar-refractivity contribution < 1.29 is 9.53 Å². The zero-order valence-electron chi connectivity index (χ0n) is 14.1. The van der Waals surface area contributed by atoms with E-state index in [0.29, 0.717) is 12.5 Å². The van der Waals surface area contributed by atoms with Gasteiger partial charge in [0.25, 0.3) is 0 Å². The summed E-state index contributed by atoms with van der Waals surface area (Å²) < 4.78 is 4.60. The summed E-state index contributed by atoms with van der Waals surface area (Å²) in [7, 11) is 3.20. The third kappa shape index (κ3) is 14.2. The molecule has 21 heavy (non-hydrogen) atoms. The molecule has 0 saturated heterocycles. The van der Waals surface area contributed by atoms with Gasteiger partial charge >= 0.3 is 5.97 Å². The summed E-state index contributed by atoms with van der Waals surface area (Å²) in [6, 6.07) is 0.415. The second-order valence-corrected chi connectivity index (χ2v) is 5.55. The van der Waals surface area contributed by atoms with Crippen LogP contribution in [0.2, 0.25) is 0 Å². The summed E-state index contributed by atoms with van der Waals surface area (Å²) in [5.41, 5.74) is 0. The Bertz CT molecular complexity index is 297. The smallest absolute Gasteiger partial charge is 0.305 e. The highest BCUT2D eigenvalue weighted by Gasteiger charge is 2.06. The molecule has 0 amide bonds. The van der Waals surface area contributed by atoms with Crippen molar-refractivity contribution in [2.45, 2.75) is 58.9 Å². The van der Waals surface area contributed by atoms with Crippen LogP contribution in [0.1, 0.15) is 52.9 Å². The number of aliphatic imine (C=N–C) groups is 1. The molecule has 0 aliphatic heterocycles. The molecule has 0 radical (unpaired) electrons. The normalized spacial score (nSPS) is 12.6. The van der Waals surface area contributed by atoms with Crippen molar-refractivity contribution in [1.82, 2.24) is 10.6 Å². The van der Waals surface area contributed by atoms with Crippen LogP contribution in [-0.4, -0.2) is 38.7 Å². The quantitative estimate of drug-likeness (QED) is 0.201. The molecule has 0 aliphatic rings. The van der Waals surface area contributed by atoms with Crippen LogP contribution in [0.4, 0.5) is 0 Å². The van der Waals surface area contributed by atoms with Crippen LogP contribution in [-0.2, 0) is 9.53 Å². The Morgan fingerprint density at radius 1 is 1.19 bits per heavy atom. The number of hydrogen-bond donors (Lipinski definition) is 2. The summed E-state index contributed by atoms with van der Waals surface area (Å²) >= 11 is 0. The second kappa shape index (κ2) is 14.4. The molecule has 1 atom stereocenters. The minimum absolute atomic E-state index is 0. The fourth-order valence-electron chi connectivity index (χ4n) is 1.79. The van der Waals surface area contributed by atoms with Gasteiger partial charge in [-0.3, -0.25) is 9.79 Å². The molecule has 0 aliphatic carbocycles. The number of carbonyl (C=O) groups is 1. The molecule has 0 aromatic rings. The predicted molar refractivity (Wildman–Crippen MR) is 99.3 cm³/mol. The number of methoxy groups -OCH3 is 1. The number of hydrogen-bond acceptors (Lipinski definition) is 3. The van der Waals surface area contributed by atoms with E-state index in [1.807, 2.05) is 0 Å². The molecule has 0 fully saturated rings. The molecule has 0 bridgehead atoms. The van der Waals surface area contributed by atoms with Crippen LogP contribution < -0.4 is 10.6 Å². The maximum Gasteiger partial charge on any atom is 0.305 e. The Balaban J connectivity index is 0. The van der Waals surface area contributed by atoms with Gasteiger partial charge in [-0.05, 0) is 38.5 Å². The summed E-state index contributed by atoms with van der Waals surface area (Å²) in [4.78, 5) is 15.2. The van der Waals surface area contributed by atoms with Crippen LogP contribution in [0.25, 0.3) is 0 Å². The van der Waals surface area contributed by atoms with E-state index in [0.717, 1.165) is 37.7 Å². The second-order valence-electron chi connectivity index (χ2n) is 5.55. The Morgan fingerprint density at radius 3 is 2.38 bits per heavy atom. The average molecular weight is 413 g/mol. The first-order valence-corrected chi connectivity index (χ1v) is 7.53. The van der Waals surface area contributed by atoms with E-state index in [9.17, 15) is 4.79 Å². The van der Waals surface area contributed by atoms with Crippen molar-refractivity contribution in [3.8, 4) is 0 Å². The van der Waals surface area contributed by atoms with Crippen molar-refractivity contribution in [3.63, 3.8) is 0 Å². The lowest BCUT2D eigenvalue weighted by Gasteiger charge is -2.18. The van der Waals surface area contributed by atoms with Gasteiger partial charge < -0.3 is 15.4 Å². The van der Waals surface area contributed by atoms with E-state index in [1.54, 1.807) is 7.05 Å². The number of esters is 1. The predicted octanol–water partition coefficient (Wildman–Crippen LogP) is 2.94. The fraction of sp³-hybridized carbons (Fsp3) is 0.867. The Labute approximate surface area is 146 Å². The van der Waals surface area contributed by atoms with Gasteiger partial charge in [0.15, 0.2) is 5.96 Å². The summed E-state index contributed by atoms with van der Waals surface area (Å²) in [5, 5.41) is 6.65. The monoisotopic (exact) mass is 413 g/mol.